The number of carbonyl (C=O) groups excluding carboxylic acids is 2. The van der Waals surface area contributed by atoms with Crippen LogP contribution in [0.4, 0.5) is 4.79 Å². The molecular weight excluding hydrogens is 158 g/mol. The van der Waals surface area contributed by atoms with E-state index in [1.807, 2.05) is 6.92 Å². The first-order valence-corrected chi connectivity index (χ1v) is 4.24. The summed E-state index contributed by atoms with van der Waals surface area (Å²) in [5.41, 5.74) is 0. The highest BCUT2D eigenvalue weighted by atomic mass is 16.6. The second-order valence-electron chi connectivity index (χ2n) is 3.39. The largest absolute Gasteiger partial charge is 0.418 e. The summed E-state index contributed by atoms with van der Waals surface area (Å²) in [4.78, 5) is 23.8. The van der Waals surface area contributed by atoms with Crippen molar-refractivity contribution >= 4 is 12.1 Å². The highest BCUT2D eigenvalue weighted by Gasteiger charge is 2.45. The molecule has 0 aromatic heterocycles. The van der Waals surface area contributed by atoms with Gasteiger partial charge in [-0.3, -0.25) is 4.90 Å². The Hall–Kier alpha value is -1.06. The Labute approximate surface area is 70.5 Å². The van der Waals surface area contributed by atoms with E-state index in [0.717, 1.165) is 19.3 Å². The number of cyclic esters (lactones) is 2. The molecule has 4 heteroatoms. The van der Waals surface area contributed by atoms with Crippen LogP contribution in [0.25, 0.3) is 0 Å². The zero-order chi connectivity index (χ0) is 8.72. The Morgan fingerprint density at radius 1 is 1.42 bits per heavy atom. The number of amides is 1. The number of carbonyl (C=O) groups is 2. The molecule has 1 amide bonds. The molecule has 0 aromatic rings. The van der Waals surface area contributed by atoms with E-state index in [9.17, 15) is 9.59 Å². The molecule has 66 valence electrons. The lowest BCUT2D eigenvalue weighted by molar-refractivity contribution is -0.136. The van der Waals surface area contributed by atoms with Crippen LogP contribution in [-0.4, -0.2) is 29.0 Å². The zero-order valence-electron chi connectivity index (χ0n) is 6.95. The molecule has 12 heavy (non-hydrogen) atoms. The van der Waals surface area contributed by atoms with Gasteiger partial charge in [-0.05, 0) is 26.2 Å². The molecular formula is C8H11NO3. The van der Waals surface area contributed by atoms with Gasteiger partial charge in [-0.2, -0.15) is 0 Å². The van der Waals surface area contributed by atoms with Gasteiger partial charge in [-0.25, -0.2) is 9.59 Å². The molecule has 2 aliphatic heterocycles. The number of ether oxygens (including phenoxy) is 1. The van der Waals surface area contributed by atoms with E-state index in [2.05, 4.69) is 4.74 Å². The van der Waals surface area contributed by atoms with Gasteiger partial charge in [0.05, 0.1) is 0 Å². The monoisotopic (exact) mass is 169 g/mol. The lowest BCUT2D eigenvalue weighted by Crippen LogP contribution is -2.44. The molecule has 0 aliphatic carbocycles. The van der Waals surface area contributed by atoms with E-state index in [0.29, 0.717) is 0 Å². The van der Waals surface area contributed by atoms with Crippen molar-refractivity contribution in [2.24, 2.45) is 0 Å². The molecule has 2 rings (SSSR count). The van der Waals surface area contributed by atoms with Crippen molar-refractivity contribution in [1.29, 1.82) is 0 Å². The minimum Gasteiger partial charge on any atom is -0.375 e. The van der Waals surface area contributed by atoms with Gasteiger partial charge < -0.3 is 4.74 Å². The number of hydrogen-bond donors (Lipinski definition) is 0. The standard InChI is InChI=1S/C8H11NO3/c1-5-3-2-4-6-7(10)12-8(11)9(5)6/h5-6H,2-4H2,1H3/t5-,6+/m1/s1. The Morgan fingerprint density at radius 3 is 2.83 bits per heavy atom. The molecule has 2 saturated heterocycles. The Morgan fingerprint density at radius 2 is 2.17 bits per heavy atom. The third kappa shape index (κ3) is 0.906. The van der Waals surface area contributed by atoms with E-state index in [1.54, 1.807) is 4.90 Å². The van der Waals surface area contributed by atoms with Gasteiger partial charge in [0.1, 0.15) is 6.04 Å². The fourth-order valence-corrected chi connectivity index (χ4v) is 1.94. The van der Waals surface area contributed by atoms with Crippen molar-refractivity contribution in [3.63, 3.8) is 0 Å². The molecule has 0 N–H and O–H groups in total. The number of piperidine rings is 1. The molecule has 2 aliphatic rings. The minimum atomic E-state index is -0.461. The first-order chi connectivity index (χ1) is 5.70. The molecule has 2 fully saturated rings. The van der Waals surface area contributed by atoms with Gasteiger partial charge in [-0.15, -0.1) is 0 Å². The second-order valence-corrected chi connectivity index (χ2v) is 3.39. The van der Waals surface area contributed by atoms with Gasteiger partial charge in [0.25, 0.3) is 0 Å². The highest BCUT2D eigenvalue weighted by molar-refractivity contribution is 5.95. The first kappa shape index (κ1) is 7.58. The predicted octanol–water partition coefficient (Wildman–Crippen LogP) is 0.906. The average Bonchev–Trinajstić information content (AvgIpc) is 2.29. The van der Waals surface area contributed by atoms with Crippen LogP contribution in [0.5, 0.6) is 0 Å². The smallest absolute Gasteiger partial charge is 0.375 e. The topological polar surface area (TPSA) is 46.6 Å². The van der Waals surface area contributed by atoms with E-state index in [4.69, 9.17) is 0 Å². The maximum atomic E-state index is 11.1. The maximum Gasteiger partial charge on any atom is 0.418 e. The van der Waals surface area contributed by atoms with Crippen molar-refractivity contribution in [2.75, 3.05) is 0 Å². The predicted molar refractivity (Wildman–Crippen MR) is 40.4 cm³/mol. The van der Waals surface area contributed by atoms with Crippen molar-refractivity contribution < 1.29 is 14.3 Å². The summed E-state index contributed by atoms with van der Waals surface area (Å²) in [5, 5.41) is 0. The van der Waals surface area contributed by atoms with Gasteiger partial charge in [0, 0.05) is 6.04 Å². The van der Waals surface area contributed by atoms with E-state index >= 15 is 0 Å². The summed E-state index contributed by atoms with van der Waals surface area (Å²) in [5.74, 6) is -0.369. The summed E-state index contributed by atoms with van der Waals surface area (Å²) >= 11 is 0. The highest BCUT2D eigenvalue weighted by Crippen LogP contribution is 2.28. The minimum absolute atomic E-state index is 0.155. The second kappa shape index (κ2) is 2.47. The lowest BCUT2D eigenvalue weighted by atomic mass is 9.98. The quantitative estimate of drug-likeness (QED) is 0.400. The fraction of sp³-hybridized carbons (Fsp3) is 0.750. The molecule has 0 aromatic carbocycles. The fourth-order valence-electron chi connectivity index (χ4n) is 1.94. The van der Waals surface area contributed by atoms with Gasteiger partial charge in [0.2, 0.25) is 0 Å². The van der Waals surface area contributed by atoms with E-state index in [1.165, 1.54) is 0 Å². The molecule has 0 bridgehead atoms. The van der Waals surface area contributed by atoms with Crippen LogP contribution in [0.1, 0.15) is 26.2 Å². The van der Waals surface area contributed by atoms with Crippen molar-refractivity contribution in [1.82, 2.24) is 4.90 Å². The van der Waals surface area contributed by atoms with Crippen LogP contribution >= 0.6 is 0 Å². The third-order valence-corrected chi connectivity index (χ3v) is 2.58. The number of hydrogen-bond acceptors (Lipinski definition) is 3. The van der Waals surface area contributed by atoms with Crippen LogP contribution in [-0.2, 0) is 9.53 Å². The zero-order valence-corrected chi connectivity index (χ0v) is 6.95. The Balaban J connectivity index is 2.24. The Bertz CT molecular complexity index is 238. The maximum absolute atomic E-state index is 11.1. The molecule has 0 spiro atoms. The molecule has 2 heterocycles. The van der Waals surface area contributed by atoms with Crippen LogP contribution in [0.2, 0.25) is 0 Å². The van der Waals surface area contributed by atoms with E-state index < -0.39 is 6.09 Å². The van der Waals surface area contributed by atoms with Crippen LogP contribution in [0.3, 0.4) is 0 Å². The van der Waals surface area contributed by atoms with Gasteiger partial charge in [-0.1, -0.05) is 0 Å². The van der Waals surface area contributed by atoms with Crippen molar-refractivity contribution in [3.05, 3.63) is 0 Å². The summed E-state index contributed by atoms with van der Waals surface area (Å²) in [7, 11) is 0. The molecule has 0 radical (unpaired) electrons. The normalized spacial score (nSPS) is 34.9. The molecule has 0 unspecified atom stereocenters. The molecule has 4 nitrogen and oxygen atoms in total. The third-order valence-electron chi connectivity index (χ3n) is 2.58. The number of rotatable bonds is 0. The first-order valence-electron chi connectivity index (χ1n) is 4.24. The van der Waals surface area contributed by atoms with Gasteiger partial charge in [0.15, 0.2) is 0 Å². The average molecular weight is 169 g/mol. The number of fused-ring (bicyclic) bond motifs is 1. The van der Waals surface area contributed by atoms with Crippen LogP contribution < -0.4 is 0 Å². The molecule has 2 atom stereocenters. The molecule has 0 saturated carbocycles. The van der Waals surface area contributed by atoms with Crippen LogP contribution in [0, 0.1) is 0 Å². The Kier molecular flexibility index (Phi) is 1.56. The van der Waals surface area contributed by atoms with Crippen molar-refractivity contribution in [2.45, 2.75) is 38.3 Å². The van der Waals surface area contributed by atoms with Crippen molar-refractivity contribution in [3.8, 4) is 0 Å². The summed E-state index contributed by atoms with van der Waals surface area (Å²) < 4.78 is 4.53. The summed E-state index contributed by atoms with van der Waals surface area (Å²) in [6.07, 6.45) is 2.27. The van der Waals surface area contributed by atoms with Gasteiger partial charge >= 0.3 is 12.1 Å². The lowest BCUT2D eigenvalue weighted by Gasteiger charge is -2.31. The number of esters is 1. The summed E-state index contributed by atoms with van der Waals surface area (Å²) in [6.45, 7) is 1.95. The van der Waals surface area contributed by atoms with E-state index in [-0.39, 0.29) is 18.1 Å². The number of nitrogens with zero attached hydrogens (tertiary/aromatic N) is 1. The summed E-state index contributed by atoms with van der Waals surface area (Å²) in [6, 6.07) is -0.135. The van der Waals surface area contributed by atoms with Crippen LogP contribution in [0.15, 0.2) is 0 Å². The SMILES string of the molecule is C[C@@H]1CCC[C@H]2C(=O)OC(=O)N12.